The van der Waals surface area contributed by atoms with Gasteiger partial charge < -0.3 is 0 Å². The highest BCUT2D eigenvalue weighted by molar-refractivity contribution is 5.93. The summed E-state index contributed by atoms with van der Waals surface area (Å²) in [4.78, 5) is 23.2. The molecule has 2 amide bonds. The molecule has 2 aromatic carbocycles. The molecule has 138 valence electrons. The molecule has 0 saturated carbocycles. The number of benzene rings is 2. The summed E-state index contributed by atoms with van der Waals surface area (Å²) in [6.45, 7) is 0. The van der Waals surface area contributed by atoms with Crippen molar-refractivity contribution in [3.63, 3.8) is 0 Å². The maximum Gasteiger partial charge on any atom is 0.276 e. The summed E-state index contributed by atoms with van der Waals surface area (Å²) in [7, 11) is 2.61. The number of unbranched alkanes of at least 4 members (excludes halogenated alkanes) is 1. The van der Waals surface area contributed by atoms with Crippen LogP contribution in [0.2, 0.25) is 0 Å². The van der Waals surface area contributed by atoms with Gasteiger partial charge in [-0.05, 0) is 61.1 Å². The minimum Gasteiger partial charge on any atom is -0.286 e. The number of rotatable bonds is 7. The molecule has 0 aromatic heterocycles. The molecule has 2 aromatic rings. The van der Waals surface area contributed by atoms with Gasteiger partial charge in [-0.2, -0.15) is 0 Å². The molecular weight excluding hydrogens is 332 g/mol. The third-order valence-corrected chi connectivity index (χ3v) is 4.17. The molecule has 2 N–H and O–H groups in total. The molecule has 0 saturated heterocycles. The second kappa shape index (κ2) is 9.12. The average Bonchev–Trinajstić information content (AvgIpc) is 2.65. The fourth-order valence-corrected chi connectivity index (χ4v) is 2.66. The van der Waals surface area contributed by atoms with E-state index in [0.717, 1.165) is 36.8 Å². The lowest BCUT2D eigenvalue weighted by Gasteiger charge is -2.09. The predicted octanol–water partition coefficient (Wildman–Crippen LogP) is 3.17. The van der Waals surface area contributed by atoms with E-state index in [1.807, 2.05) is 24.3 Å². The number of nitrogens with zero attached hydrogens (tertiary/aromatic N) is 2. The normalized spacial score (nSPS) is 10.5. The molecule has 0 atom stereocenters. The van der Waals surface area contributed by atoms with E-state index >= 15 is 0 Å². The van der Waals surface area contributed by atoms with Crippen LogP contribution < -0.4 is 0 Å². The summed E-state index contributed by atoms with van der Waals surface area (Å²) in [6.07, 6.45) is 3.84. The molecule has 0 spiro atoms. The second-order valence-electron chi connectivity index (χ2n) is 6.26. The van der Waals surface area contributed by atoms with Gasteiger partial charge in [0, 0.05) is 25.2 Å². The minimum absolute atomic E-state index is 0.425. The van der Waals surface area contributed by atoms with E-state index in [1.54, 1.807) is 24.3 Å². The Kier molecular flexibility index (Phi) is 6.89. The Morgan fingerprint density at radius 2 is 1.00 bits per heavy atom. The molecule has 0 bridgehead atoms. The third kappa shape index (κ3) is 5.40. The van der Waals surface area contributed by atoms with Crippen LogP contribution in [0.3, 0.4) is 0 Å². The lowest BCUT2D eigenvalue weighted by molar-refractivity contribution is -0.0375. The highest BCUT2D eigenvalue weighted by Gasteiger charge is 2.09. The number of hydrogen-bond donors (Lipinski definition) is 2. The molecule has 0 fully saturated rings. The van der Waals surface area contributed by atoms with Gasteiger partial charge in [-0.25, -0.2) is 10.1 Å². The average molecular weight is 356 g/mol. The summed E-state index contributed by atoms with van der Waals surface area (Å²) in [5.41, 5.74) is 3.21. The number of aryl methyl sites for hydroxylation is 2. The number of carbonyl (C=O) groups excluding carboxylic acids is 2. The molecule has 6 nitrogen and oxygen atoms in total. The van der Waals surface area contributed by atoms with Crippen LogP contribution in [0.1, 0.15) is 44.7 Å². The Hall–Kier alpha value is -2.70. The van der Waals surface area contributed by atoms with E-state index in [2.05, 4.69) is 0 Å². The lowest BCUT2D eigenvalue weighted by Crippen LogP contribution is -2.22. The van der Waals surface area contributed by atoms with Crippen molar-refractivity contribution < 1.29 is 20.0 Å². The van der Waals surface area contributed by atoms with E-state index in [4.69, 9.17) is 10.4 Å². The van der Waals surface area contributed by atoms with Gasteiger partial charge in [-0.15, -0.1) is 0 Å². The zero-order valence-corrected chi connectivity index (χ0v) is 15.1. The first-order valence-electron chi connectivity index (χ1n) is 8.50. The van der Waals surface area contributed by atoms with E-state index in [0.29, 0.717) is 21.3 Å². The first kappa shape index (κ1) is 19.6. The fourth-order valence-electron chi connectivity index (χ4n) is 2.66. The second-order valence-corrected chi connectivity index (χ2v) is 6.26. The highest BCUT2D eigenvalue weighted by atomic mass is 16.5. The summed E-state index contributed by atoms with van der Waals surface area (Å²) in [5.74, 6) is -0.850. The molecule has 0 unspecified atom stereocenters. The van der Waals surface area contributed by atoms with Crippen molar-refractivity contribution >= 4 is 11.8 Å². The first-order chi connectivity index (χ1) is 12.4. The molecule has 0 aliphatic carbocycles. The van der Waals surface area contributed by atoms with Gasteiger partial charge in [0.2, 0.25) is 0 Å². The van der Waals surface area contributed by atoms with Gasteiger partial charge in [0.25, 0.3) is 11.8 Å². The Bertz CT molecular complexity index is 672. The van der Waals surface area contributed by atoms with Crippen LogP contribution in [0.4, 0.5) is 0 Å². The summed E-state index contributed by atoms with van der Waals surface area (Å²) < 4.78 is 0. The van der Waals surface area contributed by atoms with Gasteiger partial charge in [0.15, 0.2) is 0 Å². The number of amides is 2. The van der Waals surface area contributed by atoms with Crippen LogP contribution in [-0.2, 0) is 12.8 Å². The van der Waals surface area contributed by atoms with Gasteiger partial charge in [0.1, 0.15) is 0 Å². The van der Waals surface area contributed by atoms with Crippen molar-refractivity contribution in [2.24, 2.45) is 0 Å². The Labute approximate surface area is 153 Å². The lowest BCUT2D eigenvalue weighted by atomic mass is 10.0. The van der Waals surface area contributed by atoms with Crippen molar-refractivity contribution in [2.45, 2.75) is 25.7 Å². The van der Waals surface area contributed by atoms with Gasteiger partial charge in [-0.1, -0.05) is 24.3 Å². The predicted molar refractivity (Wildman–Crippen MR) is 97.3 cm³/mol. The van der Waals surface area contributed by atoms with E-state index in [1.165, 1.54) is 14.1 Å². The molecule has 0 aliphatic rings. The summed E-state index contributed by atoms with van der Waals surface area (Å²) >= 11 is 0. The van der Waals surface area contributed by atoms with Crippen LogP contribution >= 0.6 is 0 Å². The third-order valence-electron chi connectivity index (χ3n) is 4.17. The molecule has 6 heteroatoms. The maximum atomic E-state index is 11.6. The highest BCUT2D eigenvalue weighted by Crippen LogP contribution is 2.13. The topological polar surface area (TPSA) is 81.1 Å². The number of carbonyl (C=O) groups is 2. The molecule has 26 heavy (non-hydrogen) atoms. The van der Waals surface area contributed by atoms with E-state index < -0.39 is 11.8 Å². The summed E-state index contributed by atoms with van der Waals surface area (Å²) in [5, 5.41) is 19.5. The van der Waals surface area contributed by atoms with Crippen LogP contribution in [0.15, 0.2) is 48.5 Å². The largest absolute Gasteiger partial charge is 0.286 e. The van der Waals surface area contributed by atoms with Crippen LogP contribution in [0.25, 0.3) is 0 Å². The van der Waals surface area contributed by atoms with Crippen molar-refractivity contribution in [1.82, 2.24) is 10.1 Å². The molecule has 0 aliphatic heterocycles. The molecule has 2 rings (SSSR count). The number of hydrogen-bond acceptors (Lipinski definition) is 4. The molecule has 0 heterocycles. The Morgan fingerprint density at radius 3 is 1.27 bits per heavy atom. The summed E-state index contributed by atoms with van der Waals surface area (Å²) in [6, 6.07) is 14.5. The number of hydroxylamine groups is 4. The van der Waals surface area contributed by atoms with Crippen LogP contribution in [-0.4, -0.2) is 46.5 Å². The maximum absolute atomic E-state index is 11.6. The van der Waals surface area contributed by atoms with Gasteiger partial charge >= 0.3 is 0 Å². The molecular formula is C20H24N2O4. The van der Waals surface area contributed by atoms with Crippen molar-refractivity contribution in [3.8, 4) is 0 Å². The fraction of sp³-hybridized carbons (Fsp3) is 0.300. The Balaban J connectivity index is 1.78. The van der Waals surface area contributed by atoms with Crippen molar-refractivity contribution in [1.29, 1.82) is 0 Å². The van der Waals surface area contributed by atoms with Crippen molar-refractivity contribution in [2.75, 3.05) is 14.1 Å². The van der Waals surface area contributed by atoms with Gasteiger partial charge in [-0.3, -0.25) is 20.0 Å². The van der Waals surface area contributed by atoms with Gasteiger partial charge in [0.05, 0.1) is 0 Å². The smallest absolute Gasteiger partial charge is 0.276 e. The zero-order valence-electron chi connectivity index (χ0n) is 15.1. The van der Waals surface area contributed by atoms with Crippen molar-refractivity contribution in [3.05, 3.63) is 70.8 Å². The first-order valence-corrected chi connectivity index (χ1v) is 8.50. The van der Waals surface area contributed by atoms with Crippen LogP contribution in [0, 0.1) is 0 Å². The van der Waals surface area contributed by atoms with E-state index in [-0.39, 0.29) is 0 Å². The quantitative estimate of drug-likeness (QED) is 0.454. The molecule has 0 radical (unpaired) electrons. The zero-order chi connectivity index (χ0) is 19.1. The SMILES string of the molecule is CN(O)C(=O)c1ccc(CCCCc2ccc(C(=O)N(C)O)cc2)cc1. The van der Waals surface area contributed by atoms with E-state index in [9.17, 15) is 9.59 Å². The standard InChI is InChI=1S/C20H24N2O4/c1-21(25)19(23)17-11-7-15(8-12-17)5-3-4-6-16-9-13-18(14-10-16)20(24)22(2)26/h7-14,25-26H,3-6H2,1-2H3. The van der Waals surface area contributed by atoms with Crippen LogP contribution in [0.5, 0.6) is 0 Å². The minimum atomic E-state index is -0.425. The monoisotopic (exact) mass is 356 g/mol. The Morgan fingerprint density at radius 1 is 0.692 bits per heavy atom.